The summed E-state index contributed by atoms with van der Waals surface area (Å²) in [6.07, 6.45) is 0.651. The van der Waals surface area contributed by atoms with Gasteiger partial charge in [-0.3, -0.25) is 14.5 Å². The highest BCUT2D eigenvalue weighted by atomic mass is 16.6. The van der Waals surface area contributed by atoms with Crippen molar-refractivity contribution in [2.45, 2.75) is 26.4 Å². The number of aryl methyl sites for hydroxylation is 1. The predicted octanol–water partition coefficient (Wildman–Crippen LogP) is 3.35. The van der Waals surface area contributed by atoms with Crippen molar-refractivity contribution in [3.63, 3.8) is 0 Å². The standard InChI is InChI=1S/C26H24N2O5/c1-3-32-26(31)15-8-10-16(11-9-15)28-24(29)19-17-12-18(20(19)25(28)30)23-21(17)22(27-33-23)14-6-4-13(2)5-7-14/h4-11,17-21,23H,3,12H2,1-2H3/t17-,18-,19-,20-,21-,23+/m1/s1. The lowest BCUT2D eigenvalue weighted by molar-refractivity contribution is -0.125. The highest BCUT2D eigenvalue weighted by Gasteiger charge is 2.70. The number of oxime groups is 1. The van der Waals surface area contributed by atoms with Gasteiger partial charge in [0.2, 0.25) is 11.8 Å². The Morgan fingerprint density at radius 1 is 1.00 bits per heavy atom. The number of ether oxygens (including phenoxy) is 1. The number of carbonyl (C=O) groups excluding carboxylic acids is 3. The SMILES string of the molecule is CCOC(=O)c1ccc(N2C(=O)[C@@H]3[C@H]4C[C@@H]([C@@H]5ON=C(c6ccc(C)cc6)[C@@H]45)[C@H]3C2=O)cc1. The fraction of sp³-hybridized carbons (Fsp3) is 0.385. The molecule has 33 heavy (non-hydrogen) atoms. The third-order valence-corrected chi connectivity index (χ3v) is 7.67. The minimum Gasteiger partial charge on any atom is -0.462 e. The molecular formula is C26H24N2O5. The summed E-state index contributed by atoms with van der Waals surface area (Å²) in [5.74, 6) is -1.44. The van der Waals surface area contributed by atoms with Crippen LogP contribution in [0.5, 0.6) is 0 Å². The molecule has 7 nitrogen and oxygen atoms in total. The van der Waals surface area contributed by atoms with E-state index in [1.807, 2.05) is 31.2 Å². The van der Waals surface area contributed by atoms with Crippen LogP contribution in [0.4, 0.5) is 5.69 Å². The summed E-state index contributed by atoms with van der Waals surface area (Å²) in [5.41, 5.74) is 3.96. The van der Waals surface area contributed by atoms with Crippen LogP contribution in [0.1, 0.15) is 34.8 Å². The number of nitrogens with zero attached hydrogens (tertiary/aromatic N) is 2. The Bertz CT molecular complexity index is 1190. The number of esters is 1. The van der Waals surface area contributed by atoms with E-state index in [4.69, 9.17) is 9.57 Å². The predicted molar refractivity (Wildman–Crippen MR) is 120 cm³/mol. The van der Waals surface area contributed by atoms with Crippen LogP contribution in [0.25, 0.3) is 0 Å². The first-order valence-corrected chi connectivity index (χ1v) is 11.5. The van der Waals surface area contributed by atoms with E-state index in [9.17, 15) is 14.4 Å². The van der Waals surface area contributed by atoms with Crippen LogP contribution < -0.4 is 4.90 Å². The number of benzene rings is 2. The molecule has 0 unspecified atom stereocenters. The molecule has 2 aromatic carbocycles. The Labute approximate surface area is 191 Å². The zero-order valence-electron chi connectivity index (χ0n) is 18.4. The van der Waals surface area contributed by atoms with Crippen LogP contribution in [0.2, 0.25) is 0 Å². The van der Waals surface area contributed by atoms with Gasteiger partial charge in [-0.15, -0.1) is 0 Å². The molecule has 2 aliphatic heterocycles. The monoisotopic (exact) mass is 444 g/mol. The van der Waals surface area contributed by atoms with Gasteiger partial charge in [-0.2, -0.15) is 0 Å². The molecule has 0 spiro atoms. The summed E-state index contributed by atoms with van der Waals surface area (Å²) in [6, 6.07) is 14.7. The fourth-order valence-electron chi connectivity index (χ4n) is 6.30. The van der Waals surface area contributed by atoms with E-state index >= 15 is 0 Å². The smallest absolute Gasteiger partial charge is 0.338 e. The number of hydrogen-bond acceptors (Lipinski definition) is 6. The zero-order chi connectivity index (χ0) is 22.9. The van der Waals surface area contributed by atoms with E-state index in [0.717, 1.165) is 17.7 Å². The first-order valence-electron chi connectivity index (χ1n) is 11.5. The van der Waals surface area contributed by atoms with Crippen molar-refractivity contribution in [2.75, 3.05) is 11.5 Å². The molecule has 1 saturated heterocycles. The molecule has 168 valence electrons. The average molecular weight is 444 g/mol. The number of anilines is 1. The van der Waals surface area contributed by atoms with Crippen LogP contribution in [-0.2, 0) is 19.2 Å². The highest BCUT2D eigenvalue weighted by molar-refractivity contribution is 6.23. The van der Waals surface area contributed by atoms with E-state index < -0.39 is 5.97 Å². The number of amides is 2. The topological polar surface area (TPSA) is 85.3 Å². The highest BCUT2D eigenvalue weighted by Crippen LogP contribution is 2.62. The lowest BCUT2D eigenvalue weighted by Gasteiger charge is -2.29. The van der Waals surface area contributed by atoms with E-state index in [1.54, 1.807) is 31.2 Å². The van der Waals surface area contributed by atoms with Crippen molar-refractivity contribution in [2.24, 2.45) is 34.7 Å². The van der Waals surface area contributed by atoms with Crippen LogP contribution in [0, 0.1) is 36.5 Å². The van der Waals surface area contributed by atoms with Crippen molar-refractivity contribution in [3.05, 3.63) is 65.2 Å². The van der Waals surface area contributed by atoms with Crippen molar-refractivity contribution >= 4 is 29.2 Å². The molecule has 2 amide bonds. The normalized spacial score (nSPS) is 31.3. The molecule has 6 atom stereocenters. The number of fused-ring (bicyclic) bond motifs is 8. The average Bonchev–Trinajstić information content (AvgIpc) is 3.55. The molecule has 2 saturated carbocycles. The summed E-state index contributed by atoms with van der Waals surface area (Å²) >= 11 is 0. The van der Waals surface area contributed by atoms with Gasteiger partial charge in [-0.1, -0.05) is 35.0 Å². The maximum atomic E-state index is 13.5. The Morgan fingerprint density at radius 2 is 1.67 bits per heavy atom. The van der Waals surface area contributed by atoms with Crippen molar-refractivity contribution in [1.82, 2.24) is 0 Å². The first-order chi connectivity index (χ1) is 16.0. The number of rotatable bonds is 4. The third kappa shape index (κ3) is 2.81. The quantitative estimate of drug-likeness (QED) is 0.533. The van der Waals surface area contributed by atoms with Crippen molar-refractivity contribution in [3.8, 4) is 0 Å². The zero-order valence-corrected chi connectivity index (χ0v) is 18.4. The summed E-state index contributed by atoms with van der Waals surface area (Å²) in [7, 11) is 0. The van der Waals surface area contributed by atoms with Gasteiger partial charge in [-0.25, -0.2) is 4.79 Å². The third-order valence-electron chi connectivity index (χ3n) is 7.67. The maximum absolute atomic E-state index is 13.5. The van der Waals surface area contributed by atoms with Gasteiger partial charge in [0.25, 0.3) is 0 Å². The summed E-state index contributed by atoms with van der Waals surface area (Å²) < 4.78 is 5.02. The van der Waals surface area contributed by atoms with Crippen molar-refractivity contribution in [1.29, 1.82) is 0 Å². The fourth-order valence-corrected chi connectivity index (χ4v) is 6.30. The number of hydrogen-bond donors (Lipinski definition) is 0. The van der Waals surface area contributed by atoms with Gasteiger partial charge in [0, 0.05) is 11.8 Å². The minimum atomic E-state index is -0.425. The Hall–Kier alpha value is -3.48. The van der Waals surface area contributed by atoms with E-state index in [1.165, 1.54) is 10.5 Å². The molecular weight excluding hydrogens is 420 g/mol. The Balaban J connectivity index is 1.28. The van der Waals surface area contributed by atoms with Crippen LogP contribution in [0.15, 0.2) is 53.7 Å². The van der Waals surface area contributed by atoms with Gasteiger partial charge in [0.15, 0.2) is 0 Å². The second kappa shape index (κ2) is 7.27. The molecule has 2 aliphatic carbocycles. The summed E-state index contributed by atoms with van der Waals surface area (Å²) in [6.45, 7) is 4.07. The molecule has 2 aromatic rings. The van der Waals surface area contributed by atoms with Gasteiger partial charge >= 0.3 is 5.97 Å². The molecule has 2 bridgehead atoms. The molecule has 7 heteroatoms. The molecule has 2 heterocycles. The van der Waals surface area contributed by atoms with Gasteiger partial charge in [-0.05, 0) is 56.0 Å². The van der Waals surface area contributed by atoms with E-state index in [0.29, 0.717) is 11.3 Å². The number of carbonyl (C=O) groups is 3. The Morgan fingerprint density at radius 3 is 2.33 bits per heavy atom. The lowest BCUT2D eigenvalue weighted by Crippen LogP contribution is -2.41. The van der Waals surface area contributed by atoms with Crippen molar-refractivity contribution < 1.29 is 24.0 Å². The second-order valence-corrected chi connectivity index (χ2v) is 9.33. The first kappa shape index (κ1) is 20.1. The second-order valence-electron chi connectivity index (χ2n) is 9.33. The van der Waals surface area contributed by atoms with Crippen LogP contribution in [0.3, 0.4) is 0 Å². The molecule has 6 rings (SSSR count). The molecule has 0 N–H and O–H groups in total. The summed E-state index contributed by atoms with van der Waals surface area (Å²) in [5, 5.41) is 4.39. The van der Waals surface area contributed by atoms with Gasteiger partial charge in [0.1, 0.15) is 6.10 Å². The molecule has 0 aromatic heterocycles. The van der Waals surface area contributed by atoms with Crippen LogP contribution >= 0.6 is 0 Å². The molecule has 0 radical (unpaired) electrons. The molecule has 4 aliphatic rings. The Kier molecular flexibility index (Phi) is 4.44. The summed E-state index contributed by atoms with van der Waals surface area (Å²) in [4.78, 5) is 46.0. The van der Waals surface area contributed by atoms with E-state index in [2.05, 4.69) is 5.16 Å². The molecule has 3 fully saturated rings. The minimum absolute atomic E-state index is 0.0167. The maximum Gasteiger partial charge on any atom is 0.338 e. The van der Waals surface area contributed by atoms with Crippen LogP contribution in [-0.4, -0.2) is 36.2 Å². The van der Waals surface area contributed by atoms with E-state index in [-0.39, 0.29) is 54.1 Å². The number of imide groups is 1. The van der Waals surface area contributed by atoms with Gasteiger partial charge in [0.05, 0.1) is 35.4 Å². The van der Waals surface area contributed by atoms with Gasteiger partial charge < -0.3 is 9.57 Å². The largest absolute Gasteiger partial charge is 0.462 e. The lowest BCUT2D eigenvalue weighted by atomic mass is 9.71.